The number of nitrogens with one attached hydrogen (secondary N) is 1. The van der Waals surface area contributed by atoms with Crippen LogP contribution in [0.2, 0.25) is 0 Å². The van der Waals surface area contributed by atoms with E-state index in [1.807, 2.05) is 0 Å². The van der Waals surface area contributed by atoms with Crippen LogP contribution in [0.5, 0.6) is 0 Å². The summed E-state index contributed by atoms with van der Waals surface area (Å²) in [6, 6.07) is 6.15. The molecular weight excluding hydrogens is 250 g/mol. The minimum absolute atomic E-state index is 0.00929. The lowest BCUT2D eigenvalue weighted by molar-refractivity contribution is 0.102. The fourth-order valence-electron chi connectivity index (χ4n) is 1.05. The average molecular weight is 262 g/mol. The Kier molecular flexibility index (Phi) is 4.32. The lowest BCUT2D eigenvalue weighted by Crippen LogP contribution is -2.14. The molecule has 0 radical (unpaired) electrons. The van der Waals surface area contributed by atoms with Gasteiger partial charge < -0.3 is 0 Å². The smallest absolute Gasteiger partial charge is 0.232 e. The Morgan fingerprint density at radius 2 is 1.88 bits per heavy atom. The monoisotopic (exact) mass is 261 g/mol. The van der Waals surface area contributed by atoms with E-state index >= 15 is 0 Å². The highest BCUT2D eigenvalue weighted by Crippen LogP contribution is 2.12. The summed E-state index contributed by atoms with van der Waals surface area (Å²) in [5, 5.41) is 0. The quantitative estimate of drug-likeness (QED) is 0.650. The van der Waals surface area contributed by atoms with Crippen LogP contribution in [-0.2, 0) is 10.0 Å². The number of carbonyl (C=O) groups is 1. The van der Waals surface area contributed by atoms with Gasteiger partial charge in [-0.1, -0.05) is 0 Å². The number of Topliss-reactive ketones (excluding diaryl/α,β-unsaturated/α-hetero) is 1. The van der Waals surface area contributed by atoms with Crippen molar-refractivity contribution < 1.29 is 13.2 Å². The number of hydrogen-bond acceptors (Lipinski definition) is 3. The summed E-state index contributed by atoms with van der Waals surface area (Å²) in [4.78, 5) is 11.2. The maximum absolute atomic E-state index is 11.2. The summed E-state index contributed by atoms with van der Waals surface area (Å²) in [7, 11) is -3.27. The van der Waals surface area contributed by atoms with Crippen LogP contribution in [0.4, 0.5) is 5.69 Å². The standard InChI is InChI=1S/C10H12ClNO3S/c1-2-16(14,15)12-9-5-3-8(4-6-9)10(13)7-11/h3-6,12H,2,7H2,1H3. The third-order valence-corrected chi connectivity index (χ3v) is 3.53. The van der Waals surface area contributed by atoms with Crippen LogP contribution in [0.1, 0.15) is 17.3 Å². The van der Waals surface area contributed by atoms with Crippen LogP contribution < -0.4 is 4.72 Å². The molecular formula is C10H12ClNO3S. The van der Waals surface area contributed by atoms with E-state index in [0.717, 1.165) is 0 Å². The van der Waals surface area contributed by atoms with Crippen molar-refractivity contribution in [3.05, 3.63) is 29.8 Å². The summed E-state index contributed by atoms with van der Waals surface area (Å²) >= 11 is 5.39. The van der Waals surface area contributed by atoms with Crippen molar-refractivity contribution in [3.63, 3.8) is 0 Å². The molecule has 0 fully saturated rings. The number of alkyl halides is 1. The zero-order chi connectivity index (χ0) is 12.2. The first-order chi connectivity index (χ1) is 7.48. The molecule has 1 aromatic rings. The van der Waals surface area contributed by atoms with Gasteiger partial charge in [0.2, 0.25) is 10.0 Å². The molecule has 0 atom stereocenters. The molecule has 0 heterocycles. The molecule has 0 bridgehead atoms. The summed E-state index contributed by atoms with van der Waals surface area (Å²) in [6.45, 7) is 1.55. The predicted molar refractivity (Wildman–Crippen MR) is 64.6 cm³/mol. The molecule has 1 aromatic carbocycles. The van der Waals surface area contributed by atoms with Crippen LogP contribution in [0.15, 0.2) is 24.3 Å². The second-order valence-corrected chi connectivity index (χ2v) is 5.42. The number of carbonyl (C=O) groups excluding carboxylic acids is 1. The number of anilines is 1. The minimum Gasteiger partial charge on any atom is -0.293 e. The van der Waals surface area contributed by atoms with Crippen LogP contribution in [0.3, 0.4) is 0 Å². The fourth-order valence-corrected chi connectivity index (χ4v) is 1.85. The molecule has 0 saturated carbocycles. The van der Waals surface area contributed by atoms with Crippen molar-refractivity contribution in [1.29, 1.82) is 0 Å². The third kappa shape index (κ3) is 3.50. The van der Waals surface area contributed by atoms with Crippen LogP contribution in [0, 0.1) is 0 Å². The first-order valence-electron chi connectivity index (χ1n) is 4.68. The lowest BCUT2D eigenvalue weighted by Gasteiger charge is -2.06. The van der Waals surface area contributed by atoms with Crippen LogP contribution >= 0.6 is 11.6 Å². The van der Waals surface area contributed by atoms with Crippen molar-refractivity contribution in [3.8, 4) is 0 Å². The SMILES string of the molecule is CCS(=O)(=O)Nc1ccc(C(=O)CCl)cc1. The Bertz CT molecular complexity index is 467. The average Bonchev–Trinajstić information content (AvgIpc) is 2.28. The van der Waals surface area contributed by atoms with E-state index in [1.165, 1.54) is 24.3 Å². The van der Waals surface area contributed by atoms with Crippen molar-refractivity contribution in [2.45, 2.75) is 6.92 Å². The van der Waals surface area contributed by atoms with E-state index in [1.54, 1.807) is 6.92 Å². The highest BCUT2D eigenvalue weighted by molar-refractivity contribution is 7.92. The van der Waals surface area contributed by atoms with E-state index in [2.05, 4.69) is 4.72 Å². The molecule has 0 aliphatic carbocycles. The van der Waals surface area contributed by atoms with Gasteiger partial charge in [-0.15, -0.1) is 11.6 Å². The predicted octanol–water partition coefficient (Wildman–Crippen LogP) is 1.87. The molecule has 6 heteroatoms. The Hall–Kier alpha value is -1.07. The molecule has 0 aliphatic rings. The molecule has 0 amide bonds. The zero-order valence-corrected chi connectivity index (χ0v) is 10.3. The van der Waals surface area contributed by atoms with Gasteiger partial charge >= 0.3 is 0 Å². The summed E-state index contributed by atoms with van der Waals surface area (Å²) in [5.74, 6) is -0.262. The summed E-state index contributed by atoms with van der Waals surface area (Å²) < 4.78 is 24.9. The Morgan fingerprint density at radius 3 is 2.31 bits per heavy atom. The summed E-state index contributed by atoms with van der Waals surface area (Å²) in [6.07, 6.45) is 0. The van der Waals surface area contributed by atoms with Gasteiger partial charge in [-0.3, -0.25) is 9.52 Å². The van der Waals surface area contributed by atoms with E-state index in [9.17, 15) is 13.2 Å². The number of benzene rings is 1. The van der Waals surface area contributed by atoms with Gasteiger partial charge in [-0.2, -0.15) is 0 Å². The second kappa shape index (κ2) is 5.32. The first-order valence-corrected chi connectivity index (χ1v) is 6.87. The molecule has 88 valence electrons. The van der Waals surface area contributed by atoms with Gasteiger partial charge in [0, 0.05) is 11.3 Å². The van der Waals surface area contributed by atoms with E-state index in [4.69, 9.17) is 11.6 Å². The van der Waals surface area contributed by atoms with Crippen molar-refractivity contribution in [2.75, 3.05) is 16.4 Å². The number of ketones is 1. The number of sulfonamides is 1. The molecule has 0 aliphatic heterocycles. The Morgan fingerprint density at radius 1 is 1.31 bits per heavy atom. The highest BCUT2D eigenvalue weighted by atomic mass is 35.5. The summed E-state index contributed by atoms with van der Waals surface area (Å²) in [5.41, 5.74) is 0.905. The number of hydrogen-bond donors (Lipinski definition) is 1. The molecule has 16 heavy (non-hydrogen) atoms. The third-order valence-electron chi connectivity index (χ3n) is 1.98. The van der Waals surface area contributed by atoms with E-state index in [0.29, 0.717) is 11.3 Å². The van der Waals surface area contributed by atoms with E-state index in [-0.39, 0.29) is 17.4 Å². The van der Waals surface area contributed by atoms with Gasteiger partial charge in [0.25, 0.3) is 0 Å². The maximum atomic E-state index is 11.2. The highest BCUT2D eigenvalue weighted by Gasteiger charge is 2.07. The Labute approximate surface area is 99.7 Å². The Balaban J connectivity index is 2.84. The lowest BCUT2D eigenvalue weighted by atomic mass is 10.1. The topological polar surface area (TPSA) is 63.2 Å². The normalized spacial score (nSPS) is 11.1. The van der Waals surface area contributed by atoms with Gasteiger partial charge in [0.05, 0.1) is 11.6 Å². The second-order valence-electron chi connectivity index (χ2n) is 3.14. The maximum Gasteiger partial charge on any atom is 0.232 e. The van der Waals surface area contributed by atoms with Gasteiger partial charge in [-0.25, -0.2) is 8.42 Å². The van der Waals surface area contributed by atoms with Gasteiger partial charge in [0.1, 0.15) is 0 Å². The molecule has 1 rings (SSSR count). The number of halogens is 1. The largest absolute Gasteiger partial charge is 0.293 e. The first kappa shape index (κ1) is 13.0. The molecule has 4 nitrogen and oxygen atoms in total. The van der Waals surface area contributed by atoms with Crippen LogP contribution in [0.25, 0.3) is 0 Å². The van der Waals surface area contributed by atoms with Gasteiger partial charge in [0.15, 0.2) is 5.78 Å². The molecule has 0 unspecified atom stereocenters. The molecule has 0 spiro atoms. The van der Waals surface area contributed by atoms with Crippen molar-refractivity contribution >= 4 is 33.1 Å². The zero-order valence-electron chi connectivity index (χ0n) is 8.73. The fraction of sp³-hybridized carbons (Fsp3) is 0.300. The van der Waals surface area contributed by atoms with Gasteiger partial charge in [-0.05, 0) is 31.2 Å². The van der Waals surface area contributed by atoms with Crippen LogP contribution in [-0.4, -0.2) is 25.8 Å². The number of rotatable bonds is 5. The molecule has 0 saturated heterocycles. The minimum atomic E-state index is -3.27. The van der Waals surface area contributed by atoms with E-state index < -0.39 is 10.0 Å². The van der Waals surface area contributed by atoms with Crippen molar-refractivity contribution in [2.24, 2.45) is 0 Å². The molecule has 0 aromatic heterocycles. The molecule has 1 N–H and O–H groups in total. The van der Waals surface area contributed by atoms with Crippen molar-refractivity contribution in [1.82, 2.24) is 0 Å².